The zero-order valence-corrected chi connectivity index (χ0v) is 17.5. The first-order valence-electron chi connectivity index (χ1n) is 9.78. The lowest BCUT2D eigenvalue weighted by Crippen LogP contribution is -2.54. The molecule has 1 aromatic rings. The summed E-state index contributed by atoms with van der Waals surface area (Å²) in [7, 11) is 0. The summed E-state index contributed by atoms with van der Waals surface area (Å²) in [6.07, 6.45) is 6.02. The van der Waals surface area contributed by atoms with Gasteiger partial charge < -0.3 is 15.8 Å². The van der Waals surface area contributed by atoms with Gasteiger partial charge in [0.2, 0.25) is 5.91 Å². The number of rotatable bonds is 3. The highest BCUT2D eigenvalue weighted by Crippen LogP contribution is 2.54. The number of nitrogens with one attached hydrogen (secondary N) is 1. The molecule has 2 aliphatic heterocycles. The van der Waals surface area contributed by atoms with Crippen molar-refractivity contribution >= 4 is 38.8 Å². The van der Waals surface area contributed by atoms with Crippen LogP contribution in [0.15, 0.2) is 27.7 Å². The van der Waals surface area contributed by atoms with E-state index in [2.05, 4.69) is 27.3 Å². The largest absolute Gasteiger partial charge is 0.490 e. The van der Waals surface area contributed by atoms with Gasteiger partial charge in [0, 0.05) is 34.2 Å². The van der Waals surface area contributed by atoms with Crippen LogP contribution in [0.3, 0.4) is 0 Å². The van der Waals surface area contributed by atoms with Crippen molar-refractivity contribution in [3.8, 4) is 5.75 Å². The number of ether oxygens (including phenoxy) is 1. The van der Waals surface area contributed by atoms with Crippen molar-refractivity contribution in [2.24, 2.45) is 22.6 Å². The average Bonchev–Trinajstić information content (AvgIpc) is 3.36. The summed E-state index contributed by atoms with van der Waals surface area (Å²) in [6, 6.07) is 6.39. The number of benzene rings is 1. The SMILES string of the molecule is NC1=NC2(CS1)c1cc(Br)ccc1O[C@H]1CCC(NC(=O)CC3CC3)C[C@@H]12. The molecule has 144 valence electrons. The molecule has 4 aliphatic rings. The maximum Gasteiger partial charge on any atom is 0.220 e. The van der Waals surface area contributed by atoms with Crippen molar-refractivity contribution in [1.82, 2.24) is 5.32 Å². The Morgan fingerprint density at radius 3 is 2.96 bits per heavy atom. The lowest BCUT2D eigenvalue weighted by molar-refractivity contribution is -0.123. The summed E-state index contributed by atoms with van der Waals surface area (Å²) >= 11 is 5.23. The first-order chi connectivity index (χ1) is 13.0. The standard InChI is InChI=1S/C20H24BrN3O2S/c21-12-3-5-16-14(8-12)20(10-27-19(22)24-20)15-9-13(4-6-17(15)26-16)23-18(25)7-11-1-2-11/h3,5,8,11,13,15,17H,1-2,4,6-7,9-10H2,(H2,22,24)(H,23,25)/t13?,15-,17-,20?/m0/s1. The van der Waals surface area contributed by atoms with E-state index in [1.807, 2.05) is 12.1 Å². The van der Waals surface area contributed by atoms with Crippen molar-refractivity contribution < 1.29 is 9.53 Å². The predicted octanol–water partition coefficient (Wildman–Crippen LogP) is 3.55. The van der Waals surface area contributed by atoms with Crippen molar-refractivity contribution in [2.45, 2.75) is 56.2 Å². The summed E-state index contributed by atoms with van der Waals surface area (Å²) in [4.78, 5) is 17.3. The average molecular weight is 450 g/mol. The van der Waals surface area contributed by atoms with E-state index >= 15 is 0 Å². The number of hydrogen-bond acceptors (Lipinski definition) is 5. The van der Waals surface area contributed by atoms with Crippen LogP contribution >= 0.6 is 27.7 Å². The first-order valence-corrected chi connectivity index (χ1v) is 11.6. The number of thioether (sulfide) groups is 1. The van der Waals surface area contributed by atoms with E-state index in [1.165, 1.54) is 12.8 Å². The fraction of sp³-hybridized carbons (Fsp3) is 0.600. The second kappa shape index (κ2) is 6.69. The number of carbonyl (C=O) groups is 1. The van der Waals surface area contributed by atoms with Gasteiger partial charge in [-0.2, -0.15) is 0 Å². The predicted molar refractivity (Wildman–Crippen MR) is 111 cm³/mol. The van der Waals surface area contributed by atoms with Crippen LogP contribution in [0.25, 0.3) is 0 Å². The van der Waals surface area contributed by atoms with Gasteiger partial charge in [-0.25, -0.2) is 4.99 Å². The molecule has 1 aromatic carbocycles. The van der Waals surface area contributed by atoms with E-state index in [0.29, 0.717) is 17.5 Å². The molecule has 2 fully saturated rings. The van der Waals surface area contributed by atoms with Crippen molar-refractivity contribution in [3.05, 3.63) is 28.2 Å². The molecular weight excluding hydrogens is 426 g/mol. The van der Waals surface area contributed by atoms with E-state index < -0.39 is 0 Å². The van der Waals surface area contributed by atoms with Gasteiger partial charge in [-0.3, -0.25) is 4.79 Å². The summed E-state index contributed by atoms with van der Waals surface area (Å²) in [5, 5.41) is 3.94. The molecule has 27 heavy (non-hydrogen) atoms. The molecule has 0 aromatic heterocycles. The quantitative estimate of drug-likeness (QED) is 0.739. The van der Waals surface area contributed by atoms with Crippen molar-refractivity contribution in [2.75, 3.05) is 5.75 Å². The number of halogens is 1. The molecule has 2 aliphatic carbocycles. The highest BCUT2D eigenvalue weighted by molar-refractivity contribution is 9.10. The third-order valence-corrected chi connectivity index (χ3v) is 7.84. The molecule has 5 nitrogen and oxygen atoms in total. The number of fused-ring (bicyclic) bond motifs is 4. The second-order valence-electron chi connectivity index (χ2n) is 8.29. The topological polar surface area (TPSA) is 76.7 Å². The number of nitrogens with zero attached hydrogens (tertiary/aromatic N) is 1. The highest BCUT2D eigenvalue weighted by atomic mass is 79.9. The van der Waals surface area contributed by atoms with Crippen LogP contribution in [0.4, 0.5) is 0 Å². The smallest absolute Gasteiger partial charge is 0.220 e. The molecule has 2 saturated carbocycles. The van der Waals surface area contributed by atoms with Crippen molar-refractivity contribution in [1.29, 1.82) is 0 Å². The highest BCUT2D eigenvalue weighted by Gasteiger charge is 2.54. The van der Waals surface area contributed by atoms with Gasteiger partial charge in [-0.15, -0.1) is 0 Å². The number of nitrogens with two attached hydrogens (primary N) is 1. The van der Waals surface area contributed by atoms with E-state index in [9.17, 15) is 4.79 Å². The molecular formula is C20H24BrN3O2S. The first kappa shape index (κ1) is 17.9. The van der Waals surface area contributed by atoms with Crippen LogP contribution in [-0.2, 0) is 10.3 Å². The Hall–Kier alpha value is -1.21. The minimum atomic E-state index is -0.351. The molecule has 5 rings (SSSR count). The van der Waals surface area contributed by atoms with Gasteiger partial charge in [0.05, 0.1) is 0 Å². The summed E-state index contributed by atoms with van der Waals surface area (Å²) in [6.45, 7) is 0. The Kier molecular flexibility index (Phi) is 4.43. The van der Waals surface area contributed by atoms with E-state index in [1.54, 1.807) is 11.8 Å². The lowest BCUT2D eigenvalue weighted by atomic mass is 9.67. The molecule has 2 unspecified atom stereocenters. The van der Waals surface area contributed by atoms with Gasteiger partial charge in [0.15, 0.2) is 5.17 Å². The Labute approximate surface area is 172 Å². The van der Waals surface area contributed by atoms with Gasteiger partial charge in [0.25, 0.3) is 0 Å². The van der Waals surface area contributed by atoms with E-state index in [4.69, 9.17) is 15.5 Å². The number of hydrogen-bond donors (Lipinski definition) is 2. The monoisotopic (exact) mass is 449 g/mol. The van der Waals surface area contributed by atoms with Gasteiger partial charge in [0.1, 0.15) is 17.4 Å². The van der Waals surface area contributed by atoms with Gasteiger partial charge in [-0.05, 0) is 56.2 Å². The third-order valence-electron chi connectivity index (χ3n) is 6.37. The molecule has 3 N–H and O–H groups in total. The fourth-order valence-corrected chi connectivity index (χ4v) is 6.26. The Morgan fingerprint density at radius 2 is 2.22 bits per heavy atom. The maximum absolute atomic E-state index is 12.3. The zero-order chi connectivity index (χ0) is 18.6. The summed E-state index contributed by atoms with van der Waals surface area (Å²) in [5.41, 5.74) is 6.90. The molecule has 0 bridgehead atoms. The Bertz CT molecular complexity index is 812. The molecule has 2 heterocycles. The second-order valence-corrected chi connectivity index (χ2v) is 10.2. The summed E-state index contributed by atoms with van der Waals surface area (Å²) in [5.74, 6) is 2.82. The molecule has 7 heteroatoms. The summed E-state index contributed by atoms with van der Waals surface area (Å²) < 4.78 is 7.41. The zero-order valence-electron chi connectivity index (χ0n) is 15.1. The number of amidine groups is 1. The van der Waals surface area contributed by atoms with Crippen LogP contribution in [0.5, 0.6) is 5.75 Å². The van der Waals surface area contributed by atoms with Crippen LogP contribution in [0.1, 0.15) is 44.1 Å². The van der Waals surface area contributed by atoms with Gasteiger partial charge >= 0.3 is 0 Å². The van der Waals surface area contributed by atoms with Crippen LogP contribution < -0.4 is 15.8 Å². The van der Waals surface area contributed by atoms with Crippen LogP contribution in [0, 0.1) is 11.8 Å². The molecule has 0 saturated heterocycles. The minimum absolute atomic E-state index is 0.130. The number of aliphatic imine (C=N–C) groups is 1. The normalized spacial score (nSPS) is 34.4. The Balaban J connectivity index is 1.44. The molecule has 1 amide bonds. The Morgan fingerprint density at radius 1 is 1.37 bits per heavy atom. The lowest BCUT2D eigenvalue weighted by Gasteiger charge is -2.48. The number of carbonyl (C=O) groups excluding carboxylic acids is 1. The minimum Gasteiger partial charge on any atom is -0.490 e. The van der Waals surface area contributed by atoms with E-state index in [0.717, 1.165) is 40.8 Å². The molecule has 4 atom stereocenters. The fourth-order valence-electron chi connectivity index (χ4n) is 4.87. The van der Waals surface area contributed by atoms with E-state index in [-0.39, 0.29) is 29.5 Å². The van der Waals surface area contributed by atoms with Crippen molar-refractivity contribution in [3.63, 3.8) is 0 Å². The van der Waals surface area contributed by atoms with Crippen LogP contribution in [-0.4, -0.2) is 29.0 Å². The van der Waals surface area contributed by atoms with Gasteiger partial charge in [-0.1, -0.05) is 27.7 Å². The molecule has 1 spiro atoms. The third kappa shape index (κ3) is 3.27. The maximum atomic E-state index is 12.3. The molecule has 0 radical (unpaired) electrons. The number of amides is 1. The van der Waals surface area contributed by atoms with Crippen LogP contribution in [0.2, 0.25) is 0 Å².